The molecule has 0 unspecified atom stereocenters. The quantitative estimate of drug-likeness (QED) is 0.668. The number of hydrogen-bond acceptors (Lipinski definition) is 4. The van der Waals surface area contributed by atoms with Gasteiger partial charge in [-0.2, -0.15) is 0 Å². The van der Waals surface area contributed by atoms with Crippen LogP contribution in [0.25, 0.3) is 0 Å². The van der Waals surface area contributed by atoms with Crippen LogP contribution < -0.4 is 0 Å². The van der Waals surface area contributed by atoms with Crippen LogP contribution in [0, 0.1) is 13.8 Å². The zero-order valence-corrected chi connectivity index (χ0v) is 7.98. The lowest BCUT2D eigenvalue weighted by atomic mass is 10.4. The third-order valence-corrected chi connectivity index (χ3v) is 2.87. The molecular formula is C8H11NO2S. The van der Waals surface area contributed by atoms with Crippen LogP contribution in [0.1, 0.15) is 21.9 Å². The van der Waals surface area contributed by atoms with Gasteiger partial charge in [0.15, 0.2) is 6.29 Å². The molecule has 0 aromatic carbocycles. The molecule has 0 aliphatic carbocycles. The third-order valence-electron chi connectivity index (χ3n) is 1.78. The maximum Gasteiger partial charge on any atom is 0.195 e. The monoisotopic (exact) mass is 185 g/mol. The molecule has 0 saturated carbocycles. The molecule has 12 heavy (non-hydrogen) atoms. The molecule has 1 aromatic heterocycles. The van der Waals surface area contributed by atoms with E-state index in [0.717, 1.165) is 15.6 Å². The number of ether oxygens (including phenoxy) is 2. The molecule has 2 rings (SSSR count). The lowest BCUT2D eigenvalue weighted by molar-refractivity contribution is -0.0418. The van der Waals surface area contributed by atoms with Crippen LogP contribution in [0.3, 0.4) is 0 Å². The average molecular weight is 185 g/mol. The molecule has 0 radical (unpaired) electrons. The number of rotatable bonds is 1. The Bertz CT molecular complexity index is 279. The average Bonchev–Trinajstić information content (AvgIpc) is 2.58. The fraction of sp³-hybridized carbons (Fsp3) is 0.625. The zero-order valence-electron chi connectivity index (χ0n) is 7.16. The van der Waals surface area contributed by atoms with Gasteiger partial charge in [0.05, 0.1) is 28.8 Å². The predicted molar refractivity (Wildman–Crippen MR) is 46.2 cm³/mol. The molecule has 0 N–H and O–H groups in total. The SMILES string of the molecule is Cc1nc(C)c(C2OCCO2)s1. The summed E-state index contributed by atoms with van der Waals surface area (Å²) < 4.78 is 10.8. The second-order valence-corrected chi connectivity index (χ2v) is 3.99. The van der Waals surface area contributed by atoms with Crippen LogP contribution in [-0.4, -0.2) is 18.2 Å². The first kappa shape index (κ1) is 8.16. The standard InChI is InChI=1S/C8H11NO2S/c1-5-7(12-6(2)9-5)8-10-3-4-11-8/h8H,3-4H2,1-2H3. The smallest absolute Gasteiger partial charge is 0.195 e. The number of hydrogen-bond donors (Lipinski definition) is 0. The van der Waals surface area contributed by atoms with E-state index in [-0.39, 0.29) is 6.29 Å². The molecule has 1 fully saturated rings. The van der Waals surface area contributed by atoms with E-state index in [2.05, 4.69) is 4.98 Å². The lowest BCUT2D eigenvalue weighted by Gasteiger charge is -2.05. The van der Waals surface area contributed by atoms with Crippen molar-refractivity contribution in [2.24, 2.45) is 0 Å². The highest BCUT2D eigenvalue weighted by Gasteiger charge is 2.22. The fourth-order valence-electron chi connectivity index (χ4n) is 1.28. The Morgan fingerprint density at radius 1 is 1.33 bits per heavy atom. The number of nitrogens with zero attached hydrogens (tertiary/aromatic N) is 1. The Morgan fingerprint density at radius 2 is 2.00 bits per heavy atom. The van der Waals surface area contributed by atoms with E-state index in [0.29, 0.717) is 13.2 Å². The van der Waals surface area contributed by atoms with E-state index in [1.165, 1.54) is 0 Å². The van der Waals surface area contributed by atoms with Crippen molar-refractivity contribution < 1.29 is 9.47 Å². The maximum absolute atomic E-state index is 5.38. The summed E-state index contributed by atoms with van der Waals surface area (Å²) in [6.45, 7) is 5.38. The van der Waals surface area contributed by atoms with Gasteiger partial charge in [-0.15, -0.1) is 11.3 Å². The van der Waals surface area contributed by atoms with Crippen molar-refractivity contribution >= 4 is 11.3 Å². The minimum atomic E-state index is -0.156. The number of thiazole rings is 1. The predicted octanol–water partition coefficient (Wildman–Crippen LogP) is 1.81. The fourth-order valence-corrected chi connectivity index (χ4v) is 2.20. The van der Waals surface area contributed by atoms with Crippen LogP contribution in [0.5, 0.6) is 0 Å². The van der Waals surface area contributed by atoms with E-state index in [9.17, 15) is 0 Å². The molecule has 4 heteroatoms. The summed E-state index contributed by atoms with van der Waals surface area (Å²) in [6.07, 6.45) is -0.156. The Labute approximate surface area is 75.3 Å². The number of aromatic nitrogens is 1. The Balaban J connectivity index is 2.25. The van der Waals surface area contributed by atoms with E-state index in [1.807, 2.05) is 13.8 Å². The van der Waals surface area contributed by atoms with Crippen molar-refractivity contribution in [2.45, 2.75) is 20.1 Å². The van der Waals surface area contributed by atoms with Crippen LogP contribution in [0.2, 0.25) is 0 Å². The van der Waals surface area contributed by atoms with Gasteiger partial charge in [0.25, 0.3) is 0 Å². The van der Waals surface area contributed by atoms with E-state index in [1.54, 1.807) is 11.3 Å². The van der Waals surface area contributed by atoms with Crippen molar-refractivity contribution in [1.29, 1.82) is 0 Å². The Hall–Kier alpha value is -0.450. The largest absolute Gasteiger partial charge is 0.345 e. The van der Waals surface area contributed by atoms with Gasteiger partial charge in [-0.05, 0) is 13.8 Å². The maximum atomic E-state index is 5.38. The molecule has 1 aliphatic heterocycles. The first-order chi connectivity index (χ1) is 5.77. The van der Waals surface area contributed by atoms with Gasteiger partial charge in [-0.3, -0.25) is 0 Å². The first-order valence-corrected chi connectivity index (χ1v) is 4.76. The Morgan fingerprint density at radius 3 is 2.50 bits per heavy atom. The van der Waals surface area contributed by atoms with Gasteiger partial charge in [-0.25, -0.2) is 4.98 Å². The summed E-state index contributed by atoms with van der Waals surface area (Å²) in [5.74, 6) is 0. The minimum absolute atomic E-state index is 0.156. The highest BCUT2D eigenvalue weighted by Crippen LogP contribution is 2.30. The zero-order chi connectivity index (χ0) is 8.55. The van der Waals surface area contributed by atoms with Crippen molar-refractivity contribution in [3.63, 3.8) is 0 Å². The summed E-state index contributed by atoms with van der Waals surface area (Å²) in [7, 11) is 0. The molecular weight excluding hydrogens is 174 g/mol. The molecule has 1 saturated heterocycles. The molecule has 1 aliphatic rings. The molecule has 0 amide bonds. The highest BCUT2D eigenvalue weighted by atomic mass is 32.1. The topological polar surface area (TPSA) is 31.4 Å². The summed E-state index contributed by atoms with van der Waals surface area (Å²) in [5.41, 5.74) is 1.03. The summed E-state index contributed by atoms with van der Waals surface area (Å²) in [5, 5.41) is 1.07. The normalized spacial score (nSPS) is 18.8. The van der Waals surface area contributed by atoms with Gasteiger partial charge in [0.1, 0.15) is 0 Å². The van der Waals surface area contributed by atoms with E-state index in [4.69, 9.17) is 9.47 Å². The second-order valence-electron chi connectivity index (χ2n) is 2.76. The van der Waals surface area contributed by atoms with Crippen LogP contribution >= 0.6 is 11.3 Å². The van der Waals surface area contributed by atoms with Crippen molar-refractivity contribution in [2.75, 3.05) is 13.2 Å². The Kier molecular flexibility index (Phi) is 2.12. The van der Waals surface area contributed by atoms with Gasteiger partial charge in [-0.1, -0.05) is 0 Å². The summed E-state index contributed by atoms with van der Waals surface area (Å²) in [6, 6.07) is 0. The van der Waals surface area contributed by atoms with E-state index < -0.39 is 0 Å². The second kappa shape index (κ2) is 3.12. The molecule has 0 atom stereocenters. The highest BCUT2D eigenvalue weighted by molar-refractivity contribution is 7.11. The summed E-state index contributed by atoms with van der Waals surface area (Å²) >= 11 is 1.65. The molecule has 0 spiro atoms. The van der Waals surface area contributed by atoms with Gasteiger partial charge in [0, 0.05) is 0 Å². The third kappa shape index (κ3) is 1.37. The van der Waals surface area contributed by atoms with Crippen LogP contribution in [0.15, 0.2) is 0 Å². The molecule has 3 nitrogen and oxygen atoms in total. The van der Waals surface area contributed by atoms with Crippen molar-refractivity contribution in [1.82, 2.24) is 4.98 Å². The molecule has 2 heterocycles. The van der Waals surface area contributed by atoms with Gasteiger partial charge >= 0.3 is 0 Å². The van der Waals surface area contributed by atoms with Gasteiger partial charge in [0.2, 0.25) is 0 Å². The van der Waals surface area contributed by atoms with Gasteiger partial charge < -0.3 is 9.47 Å². The molecule has 1 aromatic rings. The minimum Gasteiger partial charge on any atom is -0.345 e. The van der Waals surface area contributed by atoms with Crippen molar-refractivity contribution in [3.8, 4) is 0 Å². The van der Waals surface area contributed by atoms with Crippen molar-refractivity contribution in [3.05, 3.63) is 15.6 Å². The molecule has 66 valence electrons. The van der Waals surface area contributed by atoms with Crippen LogP contribution in [-0.2, 0) is 9.47 Å². The number of aryl methyl sites for hydroxylation is 2. The van der Waals surface area contributed by atoms with Crippen LogP contribution in [0.4, 0.5) is 0 Å². The summed E-state index contributed by atoms with van der Waals surface area (Å²) in [4.78, 5) is 5.43. The lowest BCUT2D eigenvalue weighted by Crippen LogP contribution is -1.96. The molecule has 0 bridgehead atoms. The van der Waals surface area contributed by atoms with E-state index >= 15 is 0 Å². The first-order valence-electron chi connectivity index (χ1n) is 3.94.